The molecule has 3 rings (SSSR count). The SMILES string of the molecule is CCOC(C)OCC1c2cc(NC(=O)COC(C)(C)CCOC(C)(C)C(=O)NCCCCN=C=O)ccc2-c2ccc(NC(=O)COC(C)(C)CCOC(C)(C)C(=O)NCCCCN=C=O)cc21. The van der Waals surface area contributed by atoms with Crippen molar-refractivity contribution < 1.29 is 57.2 Å². The average molecular weight is 951 g/mol. The summed E-state index contributed by atoms with van der Waals surface area (Å²) in [7, 11) is 0. The summed E-state index contributed by atoms with van der Waals surface area (Å²) < 4.78 is 35.7. The van der Waals surface area contributed by atoms with Gasteiger partial charge >= 0.3 is 0 Å². The minimum atomic E-state index is -1.08. The van der Waals surface area contributed by atoms with Crippen molar-refractivity contribution in [3.05, 3.63) is 47.5 Å². The molecule has 376 valence electrons. The number of aliphatic imine (C=N–C) groups is 2. The van der Waals surface area contributed by atoms with Crippen LogP contribution in [0.15, 0.2) is 46.4 Å². The zero-order chi connectivity index (χ0) is 50.4. The molecule has 1 atom stereocenters. The maximum Gasteiger partial charge on any atom is 0.251 e. The third kappa shape index (κ3) is 19.8. The number of rotatable bonds is 33. The van der Waals surface area contributed by atoms with E-state index in [1.54, 1.807) is 27.7 Å². The number of unbranched alkanes of at least 4 members (excludes halogenated alkanes) is 2. The summed E-state index contributed by atoms with van der Waals surface area (Å²) in [5.41, 5.74) is 1.37. The van der Waals surface area contributed by atoms with Crippen LogP contribution in [0.25, 0.3) is 11.1 Å². The lowest BCUT2D eigenvalue weighted by Crippen LogP contribution is -2.45. The molecule has 2 aromatic carbocycles. The second-order valence-electron chi connectivity index (χ2n) is 18.8. The van der Waals surface area contributed by atoms with Crippen LogP contribution in [-0.2, 0) is 57.2 Å². The number of nitrogens with one attached hydrogen (secondary N) is 4. The third-order valence-corrected chi connectivity index (χ3v) is 11.3. The molecule has 0 saturated heterocycles. The highest BCUT2D eigenvalue weighted by Crippen LogP contribution is 2.47. The summed E-state index contributed by atoms with van der Waals surface area (Å²) in [5.74, 6) is -1.43. The predicted octanol–water partition coefficient (Wildman–Crippen LogP) is 6.50. The Labute approximate surface area is 401 Å². The number of hydrogen-bond acceptors (Lipinski definition) is 14. The van der Waals surface area contributed by atoms with Crippen LogP contribution in [0.3, 0.4) is 0 Å². The highest BCUT2D eigenvalue weighted by molar-refractivity contribution is 5.94. The fourth-order valence-electron chi connectivity index (χ4n) is 7.06. The molecule has 0 radical (unpaired) electrons. The Morgan fingerprint density at radius 1 is 0.632 bits per heavy atom. The van der Waals surface area contributed by atoms with Gasteiger partial charge < -0.3 is 49.7 Å². The van der Waals surface area contributed by atoms with Crippen LogP contribution < -0.4 is 21.3 Å². The number of ether oxygens (including phenoxy) is 6. The molecule has 1 unspecified atom stereocenters. The van der Waals surface area contributed by atoms with Crippen molar-refractivity contribution in [3.63, 3.8) is 0 Å². The lowest BCUT2D eigenvalue weighted by atomic mass is 9.97. The number of hydrogen-bond donors (Lipinski definition) is 4. The van der Waals surface area contributed by atoms with Crippen molar-refractivity contribution in [1.29, 1.82) is 0 Å². The molecule has 2 aromatic rings. The Morgan fingerprint density at radius 3 is 1.46 bits per heavy atom. The van der Waals surface area contributed by atoms with Crippen LogP contribution in [-0.4, -0.2) is 130 Å². The molecule has 0 aromatic heterocycles. The monoisotopic (exact) mass is 951 g/mol. The topological polar surface area (TPSA) is 231 Å². The lowest BCUT2D eigenvalue weighted by Gasteiger charge is -2.29. The van der Waals surface area contributed by atoms with Gasteiger partial charge in [0, 0.05) is 37.0 Å². The highest BCUT2D eigenvalue weighted by Gasteiger charge is 2.33. The molecule has 0 heterocycles. The number of benzene rings is 2. The molecule has 1 aliphatic rings. The smallest absolute Gasteiger partial charge is 0.251 e. The molecule has 4 amide bonds. The van der Waals surface area contributed by atoms with Gasteiger partial charge in [-0.15, -0.1) is 0 Å². The molecule has 18 nitrogen and oxygen atoms in total. The number of carbonyl (C=O) groups excluding carboxylic acids is 6. The first-order valence-electron chi connectivity index (χ1n) is 23.4. The van der Waals surface area contributed by atoms with Crippen molar-refractivity contribution in [2.45, 2.75) is 142 Å². The molecule has 0 aliphatic heterocycles. The van der Waals surface area contributed by atoms with E-state index in [4.69, 9.17) is 28.4 Å². The first-order chi connectivity index (χ1) is 32.1. The van der Waals surface area contributed by atoms with Gasteiger partial charge in [0.05, 0.1) is 44.1 Å². The Balaban J connectivity index is 1.57. The van der Waals surface area contributed by atoms with Crippen molar-refractivity contribution in [3.8, 4) is 11.1 Å². The van der Waals surface area contributed by atoms with Crippen molar-refractivity contribution in [2.75, 3.05) is 76.5 Å². The first kappa shape index (κ1) is 57.2. The fraction of sp³-hybridized carbons (Fsp3) is 0.640. The Kier molecular flexibility index (Phi) is 23.3. The number of isocyanates is 2. The number of carbonyl (C=O) groups is 4. The van der Waals surface area contributed by atoms with Gasteiger partial charge in [-0.25, -0.2) is 19.6 Å². The fourth-order valence-corrected chi connectivity index (χ4v) is 7.06. The standard InChI is InChI=1S/C50H74N6O12/c1-11-63-35(2)64-30-42-40-28-36(55-43(59)31-67-47(3,4)20-26-65-49(7,8)45(61)53-24-14-12-22-51-33-57)16-18-38(40)39-19-17-37(29-41(39)42)56-44(60)32-68-48(5,6)21-27-66-50(9,10)46(62)54-25-15-13-23-52-34-58/h16-19,28-29,35,42H,11-15,20-27,30-32H2,1-10H3,(H,53,61)(H,54,62)(H,55,59)(H,56,60). The predicted molar refractivity (Wildman–Crippen MR) is 258 cm³/mol. The van der Waals surface area contributed by atoms with Crippen LogP contribution in [0.1, 0.15) is 125 Å². The van der Waals surface area contributed by atoms with E-state index in [2.05, 4.69) is 31.3 Å². The second kappa shape index (κ2) is 27.7. The van der Waals surface area contributed by atoms with Gasteiger partial charge in [-0.3, -0.25) is 19.2 Å². The van der Waals surface area contributed by atoms with Gasteiger partial charge in [-0.1, -0.05) is 12.1 Å². The molecule has 0 bridgehead atoms. The van der Waals surface area contributed by atoms with E-state index < -0.39 is 28.7 Å². The lowest BCUT2D eigenvalue weighted by molar-refractivity contribution is -0.146. The zero-order valence-corrected chi connectivity index (χ0v) is 41.7. The molecule has 1 aliphatic carbocycles. The van der Waals surface area contributed by atoms with E-state index in [0.29, 0.717) is 82.7 Å². The minimum absolute atomic E-state index is 0.210. The highest BCUT2D eigenvalue weighted by atomic mass is 16.7. The summed E-state index contributed by atoms with van der Waals surface area (Å²) in [4.78, 5) is 79.3. The largest absolute Gasteiger partial charge is 0.366 e. The molecular formula is C50H74N6O12. The maximum atomic E-state index is 13.2. The molecule has 0 spiro atoms. The summed E-state index contributed by atoms with van der Waals surface area (Å²) in [6, 6.07) is 11.5. The van der Waals surface area contributed by atoms with Gasteiger partial charge in [0.1, 0.15) is 24.4 Å². The van der Waals surface area contributed by atoms with Crippen LogP contribution >= 0.6 is 0 Å². The number of amides is 4. The molecule has 4 N–H and O–H groups in total. The van der Waals surface area contributed by atoms with Crippen LogP contribution in [0.4, 0.5) is 11.4 Å². The van der Waals surface area contributed by atoms with Gasteiger partial charge in [-0.05, 0) is 154 Å². The Bertz CT molecular complexity index is 1940. The van der Waals surface area contributed by atoms with Gasteiger partial charge in [0.2, 0.25) is 24.0 Å². The number of fused-ring (bicyclic) bond motifs is 3. The molecule has 68 heavy (non-hydrogen) atoms. The van der Waals surface area contributed by atoms with Crippen molar-refractivity contribution >= 4 is 47.2 Å². The number of nitrogens with zero attached hydrogens (tertiary/aromatic N) is 2. The second-order valence-corrected chi connectivity index (χ2v) is 18.8. The average Bonchev–Trinajstić information content (AvgIpc) is 3.57. The molecular weight excluding hydrogens is 877 g/mol. The summed E-state index contributed by atoms with van der Waals surface area (Å²) in [6.07, 6.45) is 6.07. The van der Waals surface area contributed by atoms with E-state index in [0.717, 1.165) is 22.3 Å². The molecule has 0 fully saturated rings. The van der Waals surface area contributed by atoms with Crippen molar-refractivity contribution in [1.82, 2.24) is 10.6 Å². The zero-order valence-electron chi connectivity index (χ0n) is 41.7. The van der Waals surface area contributed by atoms with E-state index in [1.807, 2.05) is 77.9 Å². The van der Waals surface area contributed by atoms with Gasteiger partial charge in [0.25, 0.3) is 11.8 Å². The summed E-state index contributed by atoms with van der Waals surface area (Å²) in [6.45, 7) is 20.3. The Hall–Kier alpha value is -5.16. The van der Waals surface area contributed by atoms with Gasteiger partial charge in [-0.2, -0.15) is 0 Å². The third-order valence-electron chi connectivity index (χ3n) is 11.3. The van der Waals surface area contributed by atoms with E-state index in [-0.39, 0.29) is 62.6 Å². The van der Waals surface area contributed by atoms with E-state index in [9.17, 15) is 28.8 Å². The van der Waals surface area contributed by atoms with Crippen LogP contribution in [0.5, 0.6) is 0 Å². The quantitative estimate of drug-likeness (QED) is 0.0260. The van der Waals surface area contributed by atoms with E-state index >= 15 is 0 Å². The van der Waals surface area contributed by atoms with Gasteiger partial charge in [0.15, 0.2) is 6.29 Å². The Morgan fingerprint density at radius 2 is 1.06 bits per heavy atom. The summed E-state index contributed by atoms with van der Waals surface area (Å²) in [5, 5.41) is 11.6. The first-order valence-corrected chi connectivity index (χ1v) is 23.4. The number of anilines is 2. The van der Waals surface area contributed by atoms with Crippen LogP contribution in [0.2, 0.25) is 0 Å². The molecule has 0 saturated carbocycles. The van der Waals surface area contributed by atoms with Crippen molar-refractivity contribution in [2.24, 2.45) is 9.98 Å². The van der Waals surface area contributed by atoms with E-state index in [1.165, 1.54) is 12.2 Å². The van der Waals surface area contributed by atoms with Crippen LogP contribution in [0, 0.1) is 0 Å². The minimum Gasteiger partial charge on any atom is -0.366 e. The molecule has 18 heteroatoms. The summed E-state index contributed by atoms with van der Waals surface area (Å²) >= 11 is 0. The normalized spacial score (nSPS) is 13.9. The maximum absolute atomic E-state index is 13.2.